The van der Waals surface area contributed by atoms with Gasteiger partial charge in [-0.15, -0.1) is 0 Å². The minimum Gasteiger partial charge on any atom is -0.394 e. The lowest BCUT2D eigenvalue weighted by Crippen LogP contribution is -2.44. The fourth-order valence-electron chi connectivity index (χ4n) is 3.23. The summed E-state index contributed by atoms with van der Waals surface area (Å²) in [7, 11) is 1.90. The van der Waals surface area contributed by atoms with E-state index in [1.807, 2.05) is 14.0 Å². The number of hydrogen-bond donors (Lipinski definition) is 3. The maximum atomic E-state index is 9.89. The quantitative estimate of drug-likeness (QED) is 0.778. The summed E-state index contributed by atoms with van der Waals surface area (Å²) in [6.45, 7) is 2.21. The molecule has 5 nitrogen and oxygen atoms in total. The van der Waals surface area contributed by atoms with E-state index in [9.17, 15) is 5.11 Å². The molecule has 1 aromatic rings. The Morgan fingerprint density at radius 1 is 1.14 bits per heavy atom. The van der Waals surface area contributed by atoms with Crippen molar-refractivity contribution < 1.29 is 5.11 Å². The number of nitrogens with zero attached hydrogens (tertiary/aromatic N) is 2. The first-order chi connectivity index (χ1) is 10.2. The molecule has 1 aromatic heterocycles. The van der Waals surface area contributed by atoms with Crippen molar-refractivity contribution in [2.24, 2.45) is 0 Å². The Labute approximate surface area is 126 Å². The number of aliphatic hydroxyl groups is 1. The van der Waals surface area contributed by atoms with Crippen molar-refractivity contribution in [1.82, 2.24) is 9.97 Å². The third-order valence-electron chi connectivity index (χ3n) is 4.84. The monoisotopic (exact) mass is 290 g/mol. The Morgan fingerprint density at radius 2 is 1.81 bits per heavy atom. The van der Waals surface area contributed by atoms with Gasteiger partial charge in [0, 0.05) is 18.5 Å². The zero-order valence-corrected chi connectivity index (χ0v) is 13.1. The molecule has 0 bridgehead atoms. The number of nitrogens with one attached hydrogen (secondary N) is 2. The smallest absolute Gasteiger partial charge is 0.136 e. The summed E-state index contributed by atoms with van der Waals surface area (Å²) in [6.07, 6.45) is 8.02. The lowest BCUT2D eigenvalue weighted by atomic mass is 9.82. The molecule has 5 heteroatoms. The first-order valence-corrected chi connectivity index (χ1v) is 8.13. The van der Waals surface area contributed by atoms with Crippen molar-refractivity contribution in [2.75, 3.05) is 24.3 Å². The molecule has 0 saturated heterocycles. The zero-order valence-electron chi connectivity index (χ0n) is 13.1. The molecule has 0 aliphatic heterocycles. The average Bonchev–Trinajstić information content (AvgIpc) is 3.35. The van der Waals surface area contributed by atoms with E-state index in [2.05, 4.69) is 15.6 Å². The molecule has 0 radical (unpaired) electrons. The molecule has 0 aromatic carbocycles. The number of aliphatic hydroxyl groups excluding tert-OH is 1. The maximum Gasteiger partial charge on any atom is 0.136 e. The largest absolute Gasteiger partial charge is 0.394 e. The minimum atomic E-state index is -0.205. The van der Waals surface area contributed by atoms with E-state index in [-0.39, 0.29) is 12.1 Å². The average molecular weight is 290 g/mol. The molecule has 21 heavy (non-hydrogen) atoms. The topological polar surface area (TPSA) is 70.1 Å². The van der Waals surface area contributed by atoms with Gasteiger partial charge >= 0.3 is 0 Å². The minimum absolute atomic E-state index is 0.171. The Balaban J connectivity index is 1.90. The highest BCUT2D eigenvalue weighted by Gasteiger charge is 2.33. The number of anilines is 2. The fraction of sp³-hybridized carbons (Fsp3) is 0.750. The standard InChI is InChI=1S/C16H26N4O/c1-11-13(17-2)18-15(12-6-7-12)19-14(11)20-16(10-21)8-4-3-5-9-16/h12,21H,3-10H2,1-2H3,(H2,17,18,19,20). The Kier molecular flexibility index (Phi) is 4.02. The predicted octanol–water partition coefficient (Wildman–Crippen LogP) is 2.81. The number of hydrogen-bond acceptors (Lipinski definition) is 5. The van der Waals surface area contributed by atoms with Gasteiger partial charge in [-0.05, 0) is 32.6 Å². The van der Waals surface area contributed by atoms with Gasteiger partial charge in [0.1, 0.15) is 17.5 Å². The van der Waals surface area contributed by atoms with Gasteiger partial charge in [-0.25, -0.2) is 9.97 Å². The van der Waals surface area contributed by atoms with Crippen molar-refractivity contribution in [2.45, 2.75) is 63.3 Å². The van der Waals surface area contributed by atoms with Crippen LogP contribution < -0.4 is 10.6 Å². The highest BCUT2D eigenvalue weighted by Crippen LogP contribution is 2.40. The summed E-state index contributed by atoms with van der Waals surface area (Å²) in [6, 6.07) is 0. The van der Waals surface area contributed by atoms with Gasteiger partial charge in [0.25, 0.3) is 0 Å². The molecule has 2 fully saturated rings. The summed E-state index contributed by atoms with van der Waals surface area (Å²) in [5.41, 5.74) is 0.837. The highest BCUT2D eigenvalue weighted by atomic mass is 16.3. The Hall–Kier alpha value is -1.36. The second-order valence-corrected chi connectivity index (χ2v) is 6.55. The lowest BCUT2D eigenvalue weighted by Gasteiger charge is -2.37. The molecule has 3 rings (SSSR count). The van der Waals surface area contributed by atoms with E-state index in [4.69, 9.17) is 4.98 Å². The Morgan fingerprint density at radius 3 is 2.38 bits per heavy atom. The van der Waals surface area contributed by atoms with Gasteiger partial charge in [0.15, 0.2) is 0 Å². The van der Waals surface area contributed by atoms with Crippen molar-refractivity contribution in [3.8, 4) is 0 Å². The third-order valence-corrected chi connectivity index (χ3v) is 4.84. The van der Waals surface area contributed by atoms with Gasteiger partial charge in [0.2, 0.25) is 0 Å². The molecule has 2 aliphatic carbocycles. The van der Waals surface area contributed by atoms with Crippen molar-refractivity contribution >= 4 is 11.6 Å². The lowest BCUT2D eigenvalue weighted by molar-refractivity contribution is 0.172. The molecule has 0 unspecified atom stereocenters. The van der Waals surface area contributed by atoms with Gasteiger partial charge < -0.3 is 15.7 Å². The zero-order chi connectivity index (χ0) is 14.9. The summed E-state index contributed by atoms with van der Waals surface area (Å²) in [5, 5.41) is 16.6. The van der Waals surface area contributed by atoms with Crippen molar-refractivity contribution in [1.29, 1.82) is 0 Å². The molecule has 0 amide bonds. The second kappa shape index (κ2) is 5.79. The Bertz CT molecular complexity index is 507. The van der Waals surface area contributed by atoms with Gasteiger partial charge in [-0.3, -0.25) is 0 Å². The van der Waals surface area contributed by atoms with E-state index in [0.717, 1.165) is 35.9 Å². The predicted molar refractivity (Wildman–Crippen MR) is 84.8 cm³/mol. The van der Waals surface area contributed by atoms with Crippen molar-refractivity contribution in [3.05, 3.63) is 11.4 Å². The van der Waals surface area contributed by atoms with Crippen LogP contribution in [0.4, 0.5) is 11.6 Å². The van der Waals surface area contributed by atoms with E-state index >= 15 is 0 Å². The van der Waals surface area contributed by atoms with Crippen LogP contribution in [0, 0.1) is 6.92 Å². The summed E-state index contributed by atoms with van der Waals surface area (Å²) in [4.78, 5) is 9.39. The van der Waals surface area contributed by atoms with E-state index in [1.54, 1.807) is 0 Å². The molecule has 0 spiro atoms. The first-order valence-electron chi connectivity index (χ1n) is 8.13. The van der Waals surface area contributed by atoms with Crippen LogP contribution in [-0.2, 0) is 0 Å². The van der Waals surface area contributed by atoms with Crippen molar-refractivity contribution in [3.63, 3.8) is 0 Å². The molecule has 116 valence electrons. The molecular formula is C16H26N4O. The molecule has 0 atom stereocenters. The van der Waals surface area contributed by atoms with Gasteiger partial charge in [-0.1, -0.05) is 19.3 Å². The third kappa shape index (κ3) is 2.98. The van der Waals surface area contributed by atoms with E-state index in [1.165, 1.54) is 32.1 Å². The van der Waals surface area contributed by atoms with Gasteiger partial charge in [-0.2, -0.15) is 0 Å². The maximum absolute atomic E-state index is 9.89. The van der Waals surface area contributed by atoms with Crippen LogP contribution in [0.1, 0.15) is 62.3 Å². The molecular weight excluding hydrogens is 264 g/mol. The van der Waals surface area contributed by atoms with E-state index in [0.29, 0.717) is 5.92 Å². The van der Waals surface area contributed by atoms with Crippen LogP contribution in [0.5, 0.6) is 0 Å². The number of aromatic nitrogens is 2. The fourth-order valence-corrected chi connectivity index (χ4v) is 3.23. The van der Waals surface area contributed by atoms with Crippen LogP contribution >= 0.6 is 0 Å². The molecule has 1 heterocycles. The van der Waals surface area contributed by atoms with Crippen LogP contribution in [0.15, 0.2) is 0 Å². The molecule has 3 N–H and O–H groups in total. The summed E-state index contributed by atoms with van der Waals surface area (Å²) >= 11 is 0. The molecule has 2 saturated carbocycles. The first kappa shape index (κ1) is 14.6. The van der Waals surface area contributed by atoms with E-state index < -0.39 is 0 Å². The normalized spacial score (nSPS) is 21.1. The van der Waals surface area contributed by atoms with Crippen LogP contribution in [0.3, 0.4) is 0 Å². The van der Waals surface area contributed by atoms with Crippen LogP contribution in [-0.4, -0.2) is 34.3 Å². The van der Waals surface area contributed by atoms with Crippen LogP contribution in [0.2, 0.25) is 0 Å². The summed E-state index contributed by atoms with van der Waals surface area (Å²) in [5.74, 6) is 3.26. The summed E-state index contributed by atoms with van der Waals surface area (Å²) < 4.78 is 0. The number of rotatable bonds is 5. The second-order valence-electron chi connectivity index (χ2n) is 6.55. The molecule has 2 aliphatic rings. The van der Waals surface area contributed by atoms with Gasteiger partial charge in [0.05, 0.1) is 12.1 Å². The van der Waals surface area contributed by atoms with Crippen LogP contribution in [0.25, 0.3) is 0 Å². The SMILES string of the molecule is CNc1nc(C2CC2)nc(NC2(CO)CCCCC2)c1C. The highest BCUT2D eigenvalue weighted by molar-refractivity contribution is 5.58.